The summed E-state index contributed by atoms with van der Waals surface area (Å²) in [6.07, 6.45) is -1.13. The molecule has 0 fully saturated rings. The predicted molar refractivity (Wildman–Crippen MR) is 88.6 cm³/mol. The van der Waals surface area contributed by atoms with Crippen molar-refractivity contribution in [3.8, 4) is 0 Å². The Morgan fingerprint density at radius 1 is 1.43 bits per heavy atom. The summed E-state index contributed by atoms with van der Waals surface area (Å²) in [5, 5.41) is 11.0. The number of benzene rings is 1. The Balaban J connectivity index is 2.18. The summed E-state index contributed by atoms with van der Waals surface area (Å²) in [5.74, 6) is 0. The maximum atomic E-state index is 10.7. The number of carboxylic acid groups (broad SMARTS) is 1. The van der Waals surface area contributed by atoms with Crippen LogP contribution in [-0.4, -0.2) is 17.7 Å². The second-order valence-corrected chi connectivity index (χ2v) is 6.22. The molecule has 0 radical (unpaired) electrons. The van der Waals surface area contributed by atoms with Gasteiger partial charge in [-0.3, -0.25) is 5.32 Å². The molecule has 2 aromatic rings. The van der Waals surface area contributed by atoms with Crippen molar-refractivity contribution < 1.29 is 9.90 Å². The molecule has 1 aromatic carbocycles. The summed E-state index contributed by atoms with van der Waals surface area (Å²) in [5.41, 5.74) is 7.62. The molecular formula is C14H16ClN3O2S. The molecule has 5 nitrogen and oxygen atoms in total. The summed E-state index contributed by atoms with van der Waals surface area (Å²) in [6.45, 7) is 3.59. The van der Waals surface area contributed by atoms with E-state index in [9.17, 15) is 4.79 Å². The van der Waals surface area contributed by atoms with Crippen molar-refractivity contribution in [2.75, 3.05) is 22.5 Å². The topological polar surface area (TPSA) is 78.6 Å². The maximum Gasteiger partial charge on any atom is 0.409 e. The second-order valence-electron chi connectivity index (χ2n) is 4.42. The summed E-state index contributed by atoms with van der Waals surface area (Å²) in [7, 11) is 0. The van der Waals surface area contributed by atoms with Crippen molar-refractivity contribution in [2.24, 2.45) is 0 Å². The molecule has 2 rings (SSSR count). The van der Waals surface area contributed by atoms with E-state index in [1.54, 1.807) is 23.5 Å². The highest BCUT2D eigenvalue weighted by Crippen LogP contribution is 2.28. The van der Waals surface area contributed by atoms with Gasteiger partial charge in [0.25, 0.3) is 0 Å². The van der Waals surface area contributed by atoms with Crippen molar-refractivity contribution in [1.29, 1.82) is 0 Å². The fraction of sp³-hybridized carbons (Fsp3) is 0.214. The highest BCUT2D eigenvalue weighted by atomic mass is 35.5. The molecule has 0 saturated heterocycles. The Bertz CT molecular complexity index is 645. The van der Waals surface area contributed by atoms with E-state index in [0.29, 0.717) is 11.4 Å². The fourth-order valence-corrected chi connectivity index (χ4v) is 3.09. The number of anilines is 3. The van der Waals surface area contributed by atoms with Crippen LogP contribution in [0.1, 0.15) is 11.8 Å². The quantitative estimate of drug-likeness (QED) is 0.723. The summed E-state index contributed by atoms with van der Waals surface area (Å²) < 4.78 is 0.765. The van der Waals surface area contributed by atoms with Gasteiger partial charge in [-0.2, -0.15) is 0 Å². The van der Waals surface area contributed by atoms with Crippen molar-refractivity contribution in [1.82, 2.24) is 0 Å². The van der Waals surface area contributed by atoms with Gasteiger partial charge in [0.15, 0.2) is 0 Å². The van der Waals surface area contributed by atoms with E-state index >= 15 is 0 Å². The second kappa shape index (κ2) is 6.69. The van der Waals surface area contributed by atoms with E-state index < -0.39 is 6.09 Å². The van der Waals surface area contributed by atoms with Gasteiger partial charge < -0.3 is 15.7 Å². The minimum absolute atomic E-state index is 0.390. The molecule has 1 aromatic heterocycles. The first kappa shape index (κ1) is 15.5. The van der Waals surface area contributed by atoms with Gasteiger partial charge >= 0.3 is 6.09 Å². The highest BCUT2D eigenvalue weighted by Gasteiger charge is 2.10. The Morgan fingerprint density at radius 3 is 2.71 bits per heavy atom. The number of carbonyl (C=O) groups is 1. The van der Waals surface area contributed by atoms with Gasteiger partial charge in [-0.15, -0.1) is 11.3 Å². The third-order valence-electron chi connectivity index (χ3n) is 3.00. The van der Waals surface area contributed by atoms with Crippen LogP contribution in [0.15, 0.2) is 30.3 Å². The van der Waals surface area contributed by atoms with Crippen LogP contribution in [-0.2, 0) is 6.54 Å². The number of amides is 1. The third-order valence-corrected chi connectivity index (χ3v) is 4.22. The number of thiophene rings is 1. The lowest BCUT2D eigenvalue weighted by Gasteiger charge is -2.23. The average Bonchev–Trinajstić information content (AvgIpc) is 2.83. The summed E-state index contributed by atoms with van der Waals surface area (Å²) in [6, 6.07) is 9.16. The van der Waals surface area contributed by atoms with Crippen LogP contribution in [0.3, 0.4) is 0 Å². The van der Waals surface area contributed by atoms with E-state index in [1.165, 1.54) is 0 Å². The SMILES string of the molecule is CCN(Cc1ccc(Cl)s1)c1ccc(NC(=O)O)c(N)c1. The number of nitrogens with zero attached hydrogens (tertiary/aromatic N) is 1. The average molecular weight is 326 g/mol. The molecule has 1 heterocycles. The van der Waals surface area contributed by atoms with E-state index in [1.807, 2.05) is 18.2 Å². The van der Waals surface area contributed by atoms with Crippen LogP contribution in [0.5, 0.6) is 0 Å². The molecule has 0 bridgehead atoms. The van der Waals surface area contributed by atoms with Crippen LogP contribution in [0.4, 0.5) is 21.9 Å². The molecule has 0 spiro atoms. The lowest BCUT2D eigenvalue weighted by atomic mass is 10.2. The zero-order valence-corrected chi connectivity index (χ0v) is 13.0. The van der Waals surface area contributed by atoms with Crippen LogP contribution >= 0.6 is 22.9 Å². The number of hydrogen-bond donors (Lipinski definition) is 3. The molecule has 0 aliphatic carbocycles. The largest absolute Gasteiger partial charge is 0.465 e. The first-order valence-corrected chi connectivity index (χ1v) is 7.57. The molecule has 4 N–H and O–H groups in total. The monoisotopic (exact) mass is 325 g/mol. The van der Waals surface area contributed by atoms with Gasteiger partial charge in [0, 0.05) is 17.1 Å². The van der Waals surface area contributed by atoms with E-state index in [-0.39, 0.29) is 0 Å². The summed E-state index contributed by atoms with van der Waals surface area (Å²) in [4.78, 5) is 14.0. The first-order valence-electron chi connectivity index (χ1n) is 6.38. The molecule has 0 unspecified atom stereocenters. The van der Waals surface area contributed by atoms with Crippen LogP contribution in [0.2, 0.25) is 4.34 Å². The molecule has 112 valence electrons. The van der Waals surface area contributed by atoms with Gasteiger partial charge in [-0.05, 0) is 37.3 Å². The normalized spacial score (nSPS) is 10.4. The Hall–Kier alpha value is -1.92. The molecule has 0 aliphatic heterocycles. The van der Waals surface area contributed by atoms with E-state index in [2.05, 4.69) is 17.1 Å². The minimum Gasteiger partial charge on any atom is -0.465 e. The van der Waals surface area contributed by atoms with Gasteiger partial charge in [0.2, 0.25) is 0 Å². The molecule has 7 heteroatoms. The highest BCUT2D eigenvalue weighted by molar-refractivity contribution is 7.16. The lowest BCUT2D eigenvalue weighted by Crippen LogP contribution is -2.21. The van der Waals surface area contributed by atoms with Gasteiger partial charge in [0.1, 0.15) is 0 Å². The number of hydrogen-bond acceptors (Lipinski definition) is 4. The Morgan fingerprint density at radius 2 is 2.19 bits per heavy atom. The van der Waals surface area contributed by atoms with Gasteiger partial charge in [-0.25, -0.2) is 4.79 Å². The Labute approximate surface area is 131 Å². The van der Waals surface area contributed by atoms with Gasteiger partial charge in [0.05, 0.1) is 22.3 Å². The van der Waals surface area contributed by atoms with Gasteiger partial charge in [-0.1, -0.05) is 11.6 Å². The zero-order valence-electron chi connectivity index (χ0n) is 11.5. The molecule has 21 heavy (non-hydrogen) atoms. The number of nitrogens with two attached hydrogens (primary N) is 1. The molecule has 0 saturated carbocycles. The van der Waals surface area contributed by atoms with Crippen molar-refractivity contribution in [3.05, 3.63) is 39.5 Å². The molecule has 0 atom stereocenters. The summed E-state index contributed by atoms with van der Waals surface area (Å²) >= 11 is 7.49. The minimum atomic E-state index is -1.13. The molecular weight excluding hydrogens is 310 g/mol. The van der Waals surface area contributed by atoms with Crippen LogP contribution < -0.4 is 16.0 Å². The number of halogens is 1. The number of rotatable bonds is 5. The predicted octanol–water partition coefficient (Wildman–Crippen LogP) is 4.10. The standard InChI is InChI=1S/C14H16ClN3O2S/c1-2-18(8-10-4-6-13(15)21-10)9-3-5-12(11(16)7-9)17-14(19)20/h3-7,17H,2,8,16H2,1H3,(H,19,20). The maximum absolute atomic E-state index is 10.7. The van der Waals surface area contributed by atoms with Crippen molar-refractivity contribution in [2.45, 2.75) is 13.5 Å². The lowest BCUT2D eigenvalue weighted by molar-refractivity contribution is 0.210. The van der Waals surface area contributed by atoms with Crippen molar-refractivity contribution in [3.63, 3.8) is 0 Å². The fourth-order valence-electron chi connectivity index (χ4n) is 1.99. The van der Waals surface area contributed by atoms with Crippen molar-refractivity contribution >= 4 is 46.1 Å². The van der Waals surface area contributed by atoms with Crippen LogP contribution in [0, 0.1) is 0 Å². The third kappa shape index (κ3) is 4.03. The molecule has 1 amide bonds. The van der Waals surface area contributed by atoms with Crippen LogP contribution in [0.25, 0.3) is 0 Å². The molecule has 0 aliphatic rings. The zero-order chi connectivity index (χ0) is 15.4. The number of nitrogen functional groups attached to an aromatic ring is 1. The van der Waals surface area contributed by atoms with E-state index in [0.717, 1.165) is 28.0 Å². The Kier molecular flexibility index (Phi) is 4.93. The number of nitrogens with one attached hydrogen (secondary N) is 1. The van der Waals surface area contributed by atoms with E-state index in [4.69, 9.17) is 22.4 Å². The smallest absolute Gasteiger partial charge is 0.409 e. The first-order chi connectivity index (χ1) is 9.99.